The van der Waals surface area contributed by atoms with Gasteiger partial charge in [0.25, 0.3) is 0 Å². The zero-order chi connectivity index (χ0) is 13.5. The van der Waals surface area contributed by atoms with Gasteiger partial charge in [0, 0.05) is 6.54 Å². The molecule has 0 saturated heterocycles. The molecular formula is C12H13F3N2O. The van der Waals surface area contributed by atoms with Gasteiger partial charge in [0.1, 0.15) is 0 Å². The van der Waals surface area contributed by atoms with E-state index in [0.29, 0.717) is 12.1 Å². The normalized spacial score (nSPS) is 12.6. The number of nitrogens with one attached hydrogen (secondary N) is 1. The van der Waals surface area contributed by atoms with Crippen LogP contribution in [0.2, 0.25) is 0 Å². The van der Waals surface area contributed by atoms with Crippen LogP contribution in [0.25, 0.3) is 11.0 Å². The number of hydrogen-bond acceptors (Lipinski definition) is 1. The van der Waals surface area contributed by atoms with Crippen LogP contribution in [-0.2, 0) is 12.7 Å². The number of hydrogen-bond donors (Lipinski definition) is 1. The number of halogens is 3. The lowest BCUT2D eigenvalue weighted by Crippen LogP contribution is -2.19. The van der Waals surface area contributed by atoms with Crippen LogP contribution >= 0.6 is 0 Å². The van der Waals surface area contributed by atoms with Crippen molar-refractivity contribution >= 4 is 11.0 Å². The first-order chi connectivity index (χ1) is 8.29. The Kier molecular flexibility index (Phi) is 2.96. The maximum absolute atomic E-state index is 12.5. The molecule has 1 N–H and O–H groups in total. The molecule has 18 heavy (non-hydrogen) atoms. The first-order valence-corrected chi connectivity index (χ1v) is 5.59. The highest BCUT2D eigenvalue weighted by Crippen LogP contribution is 2.30. The molecule has 6 heteroatoms. The van der Waals surface area contributed by atoms with Gasteiger partial charge in [-0.2, -0.15) is 13.2 Å². The maximum atomic E-state index is 12.5. The van der Waals surface area contributed by atoms with Crippen molar-refractivity contribution in [3.63, 3.8) is 0 Å². The Hall–Kier alpha value is -1.72. The summed E-state index contributed by atoms with van der Waals surface area (Å²) >= 11 is 0. The predicted molar refractivity (Wildman–Crippen MR) is 62.4 cm³/mol. The molecule has 2 aromatic rings. The summed E-state index contributed by atoms with van der Waals surface area (Å²) < 4.78 is 39.1. The number of nitrogens with zero attached hydrogens (tertiary/aromatic N) is 1. The highest BCUT2D eigenvalue weighted by atomic mass is 19.4. The Labute approximate surface area is 101 Å². The van der Waals surface area contributed by atoms with E-state index in [9.17, 15) is 18.0 Å². The number of benzene rings is 1. The van der Waals surface area contributed by atoms with Crippen molar-refractivity contribution < 1.29 is 13.2 Å². The number of H-pyrrole nitrogens is 1. The van der Waals surface area contributed by atoms with Crippen LogP contribution in [0.4, 0.5) is 13.2 Å². The molecule has 0 radical (unpaired) electrons. The first kappa shape index (κ1) is 12.7. The lowest BCUT2D eigenvalue weighted by molar-refractivity contribution is -0.137. The van der Waals surface area contributed by atoms with Crippen LogP contribution in [0.5, 0.6) is 0 Å². The standard InChI is InChI=1S/C12H13F3N2O/c1-7(2)6-17-10-4-3-8(12(13,14)15)5-9(10)16-11(17)18/h3-5,7H,6H2,1-2H3,(H,16,18). The van der Waals surface area contributed by atoms with E-state index in [4.69, 9.17) is 0 Å². The van der Waals surface area contributed by atoms with Gasteiger partial charge in [0.05, 0.1) is 16.6 Å². The summed E-state index contributed by atoms with van der Waals surface area (Å²) in [6.07, 6.45) is -4.40. The van der Waals surface area contributed by atoms with E-state index >= 15 is 0 Å². The third kappa shape index (κ3) is 2.27. The number of rotatable bonds is 2. The molecule has 0 aliphatic rings. The number of aromatic amines is 1. The van der Waals surface area contributed by atoms with E-state index in [-0.39, 0.29) is 17.1 Å². The summed E-state index contributed by atoms with van der Waals surface area (Å²) in [6.45, 7) is 4.36. The van der Waals surface area contributed by atoms with E-state index in [1.165, 1.54) is 10.6 Å². The Morgan fingerprint density at radius 3 is 2.56 bits per heavy atom. The van der Waals surface area contributed by atoms with Crippen LogP contribution < -0.4 is 5.69 Å². The molecule has 0 fully saturated rings. The van der Waals surface area contributed by atoms with Crippen LogP contribution in [0, 0.1) is 5.92 Å². The molecule has 1 aromatic heterocycles. The molecule has 3 nitrogen and oxygen atoms in total. The molecule has 98 valence electrons. The molecule has 0 amide bonds. The molecule has 1 aromatic carbocycles. The van der Waals surface area contributed by atoms with Crippen molar-refractivity contribution in [3.05, 3.63) is 34.2 Å². The minimum absolute atomic E-state index is 0.218. The average Bonchev–Trinajstić information content (AvgIpc) is 2.53. The van der Waals surface area contributed by atoms with Crippen molar-refractivity contribution in [1.82, 2.24) is 9.55 Å². The Morgan fingerprint density at radius 1 is 1.33 bits per heavy atom. The lowest BCUT2D eigenvalue weighted by Gasteiger charge is -2.08. The quantitative estimate of drug-likeness (QED) is 0.883. The Bertz CT molecular complexity index is 622. The smallest absolute Gasteiger partial charge is 0.306 e. The summed E-state index contributed by atoms with van der Waals surface area (Å²) in [4.78, 5) is 14.1. The molecule has 0 unspecified atom stereocenters. The van der Waals surface area contributed by atoms with Gasteiger partial charge in [-0.15, -0.1) is 0 Å². The van der Waals surface area contributed by atoms with Gasteiger partial charge in [0.15, 0.2) is 0 Å². The second-order valence-corrected chi connectivity index (χ2v) is 4.66. The van der Waals surface area contributed by atoms with E-state index in [1.54, 1.807) is 0 Å². The summed E-state index contributed by atoms with van der Waals surface area (Å²) in [5.74, 6) is 0.240. The molecule has 0 aliphatic heterocycles. The summed E-state index contributed by atoms with van der Waals surface area (Å²) in [7, 11) is 0. The molecule has 2 rings (SSSR count). The number of fused-ring (bicyclic) bond motifs is 1. The summed E-state index contributed by atoms with van der Waals surface area (Å²) in [5, 5.41) is 0. The van der Waals surface area contributed by atoms with E-state index in [2.05, 4.69) is 4.98 Å². The molecule has 0 spiro atoms. The number of imidazole rings is 1. The Morgan fingerprint density at radius 2 is 2.00 bits per heavy atom. The maximum Gasteiger partial charge on any atom is 0.416 e. The van der Waals surface area contributed by atoms with Crippen molar-refractivity contribution in [2.45, 2.75) is 26.6 Å². The second-order valence-electron chi connectivity index (χ2n) is 4.66. The van der Waals surface area contributed by atoms with Gasteiger partial charge in [-0.25, -0.2) is 4.79 Å². The fourth-order valence-electron chi connectivity index (χ4n) is 1.89. The molecule has 0 saturated carbocycles. The lowest BCUT2D eigenvalue weighted by atomic mass is 10.2. The zero-order valence-corrected chi connectivity index (χ0v) is 10.0. The van der Waals surface area contributed by atoms with Gasteiger partial charge in [0.2, 0.25) is 0 Å². The molecular weight excluding hydrogens is 245 g/mol. The molecule has 0 bridgehead atoms. The highest BCUT2D eigenvalue weighted by Gasteiger charge is 2.30. The second kappa shape index (κ2) is 4.19. The van der Waals surface area contributed by atoms with Crippen molar-refractivity contribution in [3.8, 4) is 0 Å². The van der Waals surface area contributed by atoms with Gasteiger partial charge >= 0.3 is 11.9 Å². The van der Waals surface area contributed by atoms with E-state index in [1.807, 2.05) is 13.8 Å². The van der Waals surface area contributed by atoms with E-state index < -0.39 is 11.7 Å². The van der Waals surface area contributed by atoms with Crippen LogP contribution in [0.3, 0.4) is 0 Å². The third-order valence-corrected chi connectivity index (χ3v) is 2.65. The van der Waals surface area contributed by atoms with Crippen molar-refractivity contribution in [2.75, 3.05) is 0 Å². The van der Waals surface area contributed by atoms with Crippen LogP contribution in [-0.4, -0.2) is 9.55 Å². The fourth-order valence-corrected chi connectivity index (χ4v) is 1.89. The van der Waals surface area contributed by atoms with Crippen molar-refractivity contribution in [2.24, 2.45) is 5.92 Å². The largest absolute Gasteiger partial charge is 0.416 e. The van der Waals surface area contributed by atoms with Gasteiger partial charge < -0.3 is 4.98 Å². The zero-order valence-electron chi connectivity index (χ0n) is 10.0. The van der Waals surface area contributed by atoms with Crippen LogP contribution in [0.15, 0.2) is 23.0 Å². The molecule has 0 aliphatic carbocycles. The molecule has 1 heterocycles. The first-order valence-electron chi connectivity index (χ1n) is 5.59. The fraction of sp³-hybridized carbons (Fsp3) is 0.417. The summed E-state index contributed by atoms with van der Waals surface area (Å²) in [6, 6.07) is 3.29. The van der Waals surface area contributed by atoms with Gasteiger partial charge in [-0.1, -0.05) is 13.8 Å². The van der Waals surface area contributed by atoms with E-state index in [0.717, 1.165) is 12.1 Å². The summed E-state index contributed by atoms with van der Waals surface area (Å²) in [5.41, 5.74) is -0.414. The topological polar surface area (TPSA) is 37.8 Å². The minimum Gasteiger partial charge on any atom is -0.306 e. The number of alkyl halides is 3. The SMILES string of the molecule is CC(C)Cn1c(=O)[nH]c2cc(C(F)(F)F)ccc21. The number of aromatic nitrogens is 2. The van der Waals surface area contributed by atoms with Crippen molar-refractivity contribution in [1.29, 1.82) is 0 Å². The average molecular weight is 258 g/mol. The third-order valence-electron chi connectivity index (χ3n) is 2.65. The van der Waals surface area contributed by atoms with Crippen LogP contribution in [0.1, 0.15) is 19.4 Å². The van der Waals surface area contributed by atoms with Gasteiger partial charge in [-0.3, -0.25) is 4.57 Å². The predicted octanol–water partition coefficient (Wildman–Crippen LogP) is 3.00. The highest BCUT2D eigenvalue weighted by molar-refractivity contribution is 5.76. The minimum atomic E-state index is -4.40. The Balaban J connectivity index is 2.58. The monoisotopic (exact) mass is 258 g/mol. The molecule has 0 atom stereocenters. The van der Waals surface area contributed by atoms with Gasteiger partial charge in [-0.05, 0) is 24.1 Å².